The minimum Gasteiger partial charge on any atom is -0.338 e. The lowest BCUT2D eigenvalue weighted by atomic mass is 10.1. The number of carbonyl (C=O) groups is 1. The van der Waals surface area contributed by atoms with Crippen molar-refractivity contribution in [3.63, 3.8) is 0 Å². The predicted octanol–water partition coefficient (Wildman–Crippen LogP) is 3.40. The van der Waals surface area contributed by atoms with Crippen molar-refractivity contribution in [2.24, 2.45) is 0 Å². The van der Waals surface area contributed by atoms with Gasteiger partial charge in [0.25, 0.3) is 0 Å². The van der Waals surface area contributed by atoms with Gasteiger partial charge in [0.1, 0.15) is 0 Å². The molecule has 0 aliphatic heterocycles. The molecule has 26 heavy (non-hydrogen) atoms. The summed E-state index contributed by atoms with van der Waals surface area (Å²) in [6, 6.07) is 18.3. The molecule has 2 amide bonds. The number of benzene rings is 2. The number of fused-ring (bicyclic) bond motifs is 1. The highest BCUT2D eigenvalue weighted by atomic mass is 16.2. The maximum atomic E-state index is 12.2. The SMILES string of the molecule is O=C(NCCc1cnn(-c2ccccc2)c1)NC1CCc2ccccc21. The zero-order valence-corrected chi connectivity index (χ0v) is 14.6. The van der Waals surface area contributed by atoms with Crippen molar-refractivity contribution in [3.8, 4) is 5.69 Å². The molecular weight excluding hydrogens is 324 g/mol. The van der Waals surface area contributed by atoms with Crippen molar-refractivity contribution < 1.29 is 4.79 Å². The Labute approximate surface area is 153 Å². The van der Waals surface area contributed by atoms with Crippen LogP contribution in [0.4, 0.5) is 4.79 Å². The number of nitrogens with zero attached hydrogens (tertiary/aromatic N) is 2. The summed E-state index contributed by atoms with van der Waals surface area (Å²) >= 11 is 0. The Morgan fingerprint density at radius 1 is 1.12 bits per heavy atom. The van der Waals surface area contributed by atoms with Crippen LogP contribution in [0.3, 0.4) is 0 Å². The quantitative estimate of drug-likeness (QED) is 0.744. The molecule has 0 saturated carbocycles. The van der Waals surface area contributed by atoms with Gasteiger partial charge in [-0.15, -0.1) is 0 Å². The van der Waals surface area contributed by atoms with Crippen LogP contribution in [0.5, 0.6) is 0 Å². The van der Waals surface area contributed by atoms with Gasteiger partial charge in [-0.05, 0) is 48.1 Å². The number of urea groups is 1. The average molecular weight is 346 g/mol. The summed E-state index contributed by atoms with van der Waals surface area (Å²) in [5, 5.41) is 10.4. The maximum Gasteiger partial charge on any atom is 0.315 e. The number of hydrogen-bond acceptors (Lipinski definition) is 2. The molecule has 0 saturated heterocycles. The van der Waals surface area contributed by atoms with E-state index in [1.165, 1.54) is 11.1 Å². The van der Waals surface area contributed by atoms with Gasteiger partial charge in [0.2, 0.25) is 0 Å². The van der Waals surface area contributed by atoms with Gasteiger partial charge in [-0.1, -0.05) is 42.5 Å². The molecule has 1 atom stereocenters. The summed E-state index contributed by atoms with van der Waals surface area (Å²) in [6.45, 7) is 0.584. The Kier molecular flexibility index (Phi) is 4.69. The molecule has 0 fully saturated rings. The van der Waals surface area contributed by atoms with E-state index in [9.17, 15) is 4.79 Å². The zero-order chi connectivity index (χ0) is 17.8. The van der Waals surface area contributed by atoms with Crippen LogP contribution in [-0.2, 0) is 12.8 Å². The highest BCUT2D eigenvalue weighted by Gasteiger charge is 2.23. The van der Waals surface area contributed by atoms with Crippen LogP contribution in [0.15, 0.2) is 67.0 Å². The lowest BCUT2D eigenvalue weighted by molar-refractivity contribution is 0.237. The van der Waals surface area contributed by atoms with Crippen LogP contribution < -0.4 is 10.6 Å². The topological polar surface area (TPSA) is 59.0 Å². The molecule has 4 rings (SSSR count). The van der Waals surface area contributed by atoms with Gasteiger partial charge < -0.3 is 10.6 Å². The number of rotatable bonds is 5. The smallest absolute Gasteiger partial charge is 0.315 e. The molecule has 0 bridgehead atoms. The Bertz CT molecular complexity index is 888. The van der Waals surface area contributed by atoms with Crippen molar-refractivity contribution in [2.75, 3.05) is 6.54 Å². The number of aryl methyl sites for hydroxylation is 1. The summed E-state index contributed by atoms with van der Waals surface area (Å²) < 4.78 is 1.85. The normalized spacial score (nSPS) is 15.5. The third kappa shape index (κ3) is 3.61. The molecule has 0 radical (unpaired) electrons. The van der Waals surface area contributed by atoms with E-state index >= 15 is 0 Å². The molecular formula is C21H22N4O. The van der Waals surface area contributed by atoms with Gasteiger partial charge in [-0.2, -0.15) is 5.10 Å². The first kappa shape index (κ1) is 16.4. The van der Waals surface area contributed by atoms with Crippen LogP contribution in [0.2, 0.25) is 0 Å². The number of nitrogens with one attached hydrogen (secondary N) is 2. The van der Waals surface area contributed by atoms with E-state index in [1.807, 2.05) is 53.5 Å². The molecule has 5 nitrogen and oxygen atoms in total. The summed E-state index contributed by atoms with van der Waals surface area (Å²) in [5.41, 5.74) is 4.71. The van der Waals surface area contributed by atoms with Gasteiger partial charge in [0.05, 0.1) is 17.9 Å². The molecule has 1 heterocycles. The largest absolute Gasteiger partial charge is 0.338 e. The van der Waals surface area contributed by atoms with E-state index < -0.39 is 0 Å². The Hall–Kier alpha value is -3.08. The van der Waals surface area contributed by atoms with E-state index in [4.69, 9.17) is 0 Å². The van der Waals surface area contributed by atoms with Crippen molar-refractivity contribution in [3.05, 3.63) is 83.7 Å². The molecule has 2 N–H and O–H groups in total. The molecule has 1 unspecified atom stereocenters. The summed E-state index contributed by atoms with van der Waals surface area (Å²) in [7, 11) is 0. The monoisotopic (exact) mass is 346 g/mol. The predicted molar refractivity (Wildman–Crippen MR) is 101 cm³/mol. The van der Waals surface area contributed by atoms with E-state index in [2.05, 4.69) is 33.9 Å². The number of aromatic nitrogens is 2. The van der Waals surface area contributed by atoms with Crippen molar-refractivity contribution in [1.29, 1.82) is 0 Å². The fraction of sp³-hybridized carbons (Fsp3) is 0.238. The second-order valence-electron chi connectivity index (χ2n) is 6.57. The second kappa shape index (κ2) is 7.44. The summed E-state index contributed by atoms with van der Waals surface area (Å²) in [6.07, 6.45) is 6.60. The summed E-state index contributed by atoms with van der Waals surface area (Å²) in [5.74, 6) is 0. The lowest BCUT2D eigenvalue weighted by Gasteiger charge is -2.14. The molecule has 132 valence electrons. The number of carbonyl (C=O) groups excluding carboxylic acids is 1. The standard InChI is InChI=1S/C21H22N4O/c26-21(24-20-11-10-17-6-4-5-9-19(17)20)22-13-12-16-14-23-25(15-16)18-7-2-1-3-8-18/h1-9,14-15,20H,10-13H2,(H2,22,24,26). The average Bonchev–Trinajstić information content (AvgIpc) is 3.30. The first-order valence-corrected chi connectivity index (χ1v) is 9.01. The molecule has 0 spiro atoms. The molecule has 1 aliphatic rings. The van der Waals surface area contributed by atoms with E-state index in [0.717, 1.165) is 30.5 Å². The van der Waals surface area contributed by atoms with Crippen LogP contribution >= 0.6 is 0 Å². The van der Waals surface area contributed by atoms with Crippen LogP contribution in [0.25, 0.3) is 5.69 Å². The fourth-order valence-electron chi connectivity index (χ4n) is 3.45. The fourth-order valence-corrected chi connectivity index (χ4v) is 3.45. The Morgan fingerprint density at radius 3 is 2.81 bits per heavy atom. The second-order valence-corrected chi connectivity index (χ2v) is 6.57. The third-order valence-electron chi connectivity index (χ3n) is 4.79. The van der Waals surface area contributed by atoms with Crippen LogP contribution in [0.1, 0.15) is 29.2 Å². The number of amides is 2. The highest BCUT2D eigenvalue weighted by Crippen LogP contribution is 2.30. The van der Waals surface area contributed by atoms with Gasteiger partial charge >= 0.3 is 6.03 Å². The molecule has 2 aromatic carbocycles. The molecule has 5 heteroatoms. The van der Waals surface area contributed by atoms with Crippen molar-refractivity contribution >= 4 is 6.03 Å². The van der Waals surface area contributed by atoms with Crippen LogP contribution in [-0.4, -0.2) is 22.4 Å². The van der Waals surface area contributed by atoms with Crippen molar-refractivity contribution in [2.45, 2.75) is 25.3 Å². The molecule has 1 aromatic heterocycles. The first-order chi connectivity index (χ1) is 12.8. The highest BCUT2D eigenvalue weighted by molar-refractivity contribution is 5.74. The molecule has 3 aromatic rings. The van der Waals surface area contributed by atoms with E-state index in [0.29, 0.717) is 6.54 Å². The van der Waals surface area contributed by atoms with Crippen LogP contribution in [0, 0.1) is 0 Å². The lowest BCUT2D eigenvalue weighted by Crippen LogP contribution is -2.38. The van der Waals surface area contributed by atoms with Crippen molar-refractivity contribution in [1.82, 2.24) is 20.4 Å². The van der Waals surface area contributed by atoms with Gasteiger partial charge in [-0.3, -0.25) is 0 Å². The molecule has 1 aliphatic carbocycles. The number of para-hydroxylation sites is 1. The van der Waals surface area contributed by atoms with E-state index in [1.54, 1.807) is 0 Å². The van der Waals surface area contributed by atoms with Gasteiger partial charge in [0, 0.05) is 12.7 Å². The minimum absolute atomic E-state index is 0.109. The zero-order valence-electron chi connectivity index (χ0n) is 14.6. The third-order valence-corrected chi connectivity index (χ3v) is 4.79. The van der Waals surface area contributed by atoms with Gasteiger partial charge in [-0.25, -0.2) is 9.48 Å². The van der Waals surface area contributed by atoms with E-state index in [-0.39, 0.29) is 12.1 Å². The Morgan fingerprint density at radius 2 is 1.92 bits per heavy atom. The Balaban J connectivity index is 1.26. The van der Waals surface area contributed by atoms with Gasteiger partial charge in [0.15, 0.2) is 0 Å². The summed E-state index contributed by atoms with van der Waals surface area (Å²) in [4.78, 5) is 12.2. The maximum absolute atomic E-state index is 12.2. The number of hydrogen-bond donors (Lipinski definition) is 2. The first-order valence-electron chi connectivity index (χ1n) is 9.01. The minimum atomic E-state index is -0.109.